The molecular weight excluding hydrogens is 286 g/mol. The topological polar surface area (TPSA) is 79.8 Å². The van der Waals surface area contributed by atoms with Gasteiger partial charge in [0, 0.05) is 30.9 Å². The summed E-state index contributed by atoms with van der Waals surface area (Å²) in [5, 5.41) is 8.79. The summed E-state index contributed by atoms with van der Waals surface area (Å²) in [7, 11) is 0. The summed E-state index contributed by atoms with van der Waals surface area (Å²) in [5.41, 5.74) is 1.50. The van der Waals surface area contributed by atoms with Crippen molar-refractivity contribution in [1.82, 2.24) is 25.6 Å². The highest BCUT2D eigenvalue weighted by atomic mass is 32.1. The standard InChI is InChI=1S/C14H19N5OS/c1-2-3-15-4-7-18-13(20)8-11-10-21-14(19-11)12-9-16-5-6-17-12/h5-6,9-10,15H,2-4,7-8H2,1H3,(H,18,20). The molecule has 0 atom stereocenters. The minimum atomic E-state index is -0.00991. The van der Waals surface area contributed by atoms with E-state index in [1.165, 1.54) is 11.3 Å². The molecule has 0 spiro atoms. The van der Waals surface area contributed by atoms with E-state index in [2.05, 4.69) is 32.5 Å². The van der Waals surface area contributed by atoms with Crippen molar-refractivity contribution in [3.8, 4) is 10.7 Å². The molecule has 2 heterocycles. The normalized spacial score (nSPS) is 10.5. The van der Waals surface area contributed by atoms with E-state index in [9.17, 15) is 4.79 Å². The number of carbonyl (C=O) groups excluding carboxylic acids is 1. The average molecular weight is 305 g/mol. The average Bonchev–Trinajstić information content (AvgIpc) is 2.96. The zero-order chi connectivity index (χ0) is 14.9. The Balaban J connectivity index is 1.78. The van der Waals surface area contributed by atoms with Crippen molar-refractivity contribution >= 4 is 17.2 Å². The zero-order valence-electron chi connectivity index (χ0n) is 12.0. The summed E-state index contributed by atoms with van der Waals surface area (Å²) in [5.74, 6) is -0.00991. The van der Waals surface area contributed by atoms with E-state index in [0.29, 0.717) is 13.0 Å². The molecule has 0 aromatic carbocycles. The molecule has 0 aliphatic rings. The van der Waals surface area contributed by atoms with E-state index in [1.807, 2.05) is 5.38 Å². The van der Waals surface area contributed by atoms with E-state index in [4.69, 9.17) is 0 Å². The van der Waals surface area contributed by atoms with Crippen molar-refractivity contribution in [2.45, 2.75) is 19.8 Å². The first-order valence-corrected chi connectivity index (χ1v) is 7.85. The van der Waals surface area contributed by atoms with Gasteiger partial charge in [0.15, 0.2) is 0 Å². The third kappa shape index (κ3) is 5.20. The van der Waals surface area contributed by atoms with Gasteiger partial charge in [0.1, 0.15) is 10.7 Å². The lowest BCUT2D eigenvalue weighted by molar-refractivity contribution is -0.120. The van der Waals surface area contributed by atoms with Gasteiger partial charge in [-0.05, 0) is 13.0 Å². The van der Waals surface area contributed by atoms with Crippen LogP contribution in [-0.4, -0.2) is 40.5 Å². The van der Waals surface area contributed by atoms with Crippen LogP contribution >= 0.6 is 11.3 Å². The first-order chi connectivity index (χ1) is 10.3. The van der Waals surface area contributed by atoms with Gasteiger partial charge in [-0.2, -0.15) is 0 Å². The Morgan fingerprint density at radius 1 is 1.29 bits per heavy atom. The van der Waals surface area contributed by atoms with Crippen molar-refractivity contribution < 1.29 is 4.79 Å². The van der Waals surface area contributed by atoms with Crippen LogP contribution in [0.2, 0.25) is 0 Å². The molecule has 0 aliphatic carbocycles. The van der Waals surface area contributed by atoms with Gasteiger partial charge in [-0.1, -0.05) is 6.92 Å². The lowest BCUT2D eigenvalue weighted by Crippen LogP contribution is -2.33. The summed E-state index contributed by atoms with van der Waals surface area (Å²) < 4.78 is 0. The second-order valence-corrected chi connectivity index (χ2v) is 5.37. The fourth-order valence-electron chi connectivity index (χ4n) is 1.73. The van der Waals surface area contributed by atoms with Crippen LogP contribution in [0.1, 0.15) is 19.0 Å². The van der Waals surface area contributed by atoms with E-state index in [1.54, 1.807) is 18.6 Å². The molecule has 21 heavy (non-hydrogen) atoms. The fourth-order valence-corrected chi connectivity index (χ4v) is 2.51. The van der Waals surface area contributed by atoms with E-state index >= 15 is 0 Å². The molecule has 0 saturated heterocycles. The lowest BCUT2D eigenvalue weighted by atomic mass is 10.3. The Morgan fingerprint density at radius 3 is 2.95 bits per heavy atom. The number of aromatic nitrogens is 3. The molecule has 0 aliphatic heterocycles. The smallest absolute Gasteiger partial charge is 0.226 e. The van der Waals surface area contributed by atoms with Gasteiger partial charge in [-0.3, -0.25) is 14.8 Å². The number of nitrogens with one attached hydrogen (secondary N) is 2. The Kier molecular flexibility index (Phi) is 6.23. The fraction of sp³-hybridized carbons (Fsp3) is 0.429. The Bertz CT molecular complexity index is 558. The molecule has 2 N–H and O–H groups in total. The minimum Gasteiger partial charge on any atom is -0.354 e. The molecule has 112 valence electrons. The van der Waals surface area contributed by atoms with Crippen molar-refractivity contribution in [1.29, 1.82) is 0 Å². The predicted molar refractivity (Wildman–Crippen MR) is 83.0 cm³/mol. The molecule has 7 heteroatoms. The van der Waals surface area contributed by atoms with Crippen LogP contribution in [0.4, 0.5) is 0 Å². The Morgan fingerprint density at radius 2 is 2.19 bits per heavy atom. The molecule has 0 unspecified atom stereocenters. The third-order valence-corrected chi connectivity index (χ3v) is 3.64. The van der Waals surface area contributed by atoms with Crippen molar-refractivity contribution in [2.24, 2.45) is 0 Å². The SMILES string of the molecule is CCCNCCNC(=O)Cc1csc(-c2cnccn2)n1. The molecule has 0 radical (unpaired) electrons. The highest BCUT2D eigenvalue weighted by Gasteiger charge is 2.09. The summed E-state index contributed by atoms with van der Waals surface area (Å²) in [4.78, 5) is 24.4. The summed E-state index contributed by atoms with van der Waals surface area (Å²) in [6.07, 6.45) is 6.31. The van der Waals surface area contributed by atoms with Crippen molar-refractivity contribution in [3.05, 3.63) is 29.7 Å². The molecule has 0 saturated carbocycles. The van der Waals surface area contributed by atoms with E-state index in [0.717, 1.165) is 35.9 Å². The van der Waals surface area contributed by atoms with Gasteiger partial charge in [-0.15, -0.1) is 11.3 Å². The Labute approximate surface area is 128 Å². The number of hydrogen-bond acceptors (Lipinski definition) is 6. The highest BCUT2D eigenvalue weighted by molar-refractivity contribution is 7.13. The van der Waals surface area contributed by atoms with Crippen LogP contribution in [0.3, 0.4) is 0 Å². The predicted octanol–water partition coefficient (Wildman–Crippen LogP) is 1.26. The molecule has 0 fully saturated rings. The second kappa shape index (κ2) is 8.43. The van der Waals surface area contributed by atoms with Gasteiger partial charge in [0.05, 0.1) is 18.3 Å². The number of rotatable bonds is 8. The van der Waals surface area contributed by atoms with Gasteiger partial charge < -0.3 is 10.6 Å². The van der Waals surface area contributed by atoms with Crippen LogP contribution in [0.25, 0.3) is 10.7 Å². The van der Waals surface area contributed by atoms with E-state index < -0.39 is 0 Å². The van der Waals surface area contributed by atoms with Crippen LogP contribution in [0.15, 0.2) is 24.0 Å². The molecular formula is C14H19N5OS. The second-order valence-electron chi connectivity index (χ2n) is 4.51. The summed E-state index contributed by atoms with van der Waals surface area (Å²) in [6.45, 7) is 4.52. The Hall–Kier alpha value is -1.86. The zero-order valence-corrected chi connectivity index (χ0v) is 12.8. The third-order valence-electron chi connectivity index (χ3n) is 2.73. The van der Waals surface area contributed by atoms with Crippen molar-refractivity contribution in [3.63, 3.8) is 0 Å². The van der Waals surface area contributed by atoms with Crippen LogP contribution in [-0.2, 0) is 11.2 Å². The van der Waals surface area contributed by atoms with Crippen LogP contribution in [0, 0.1) is 0 Å². The monoisotopic (exact) mass is 305 g/mol. The summed E-state index contributed by atoms with van der Waals surface area (Å²) >= 11 is 1.47. The maximum absolute atomic E-state index is 11.8. The minimum absolute atomic E-state index is 0.00991. The van der Waals surface area contributed by atoms with Gasteiger partial charge in [0.2, 0.25) is 5.91 Å². The first-order valence-electron chi connectivity index (χ1n) is 6.97. The molecule has 0 bridgehead atoms. The van der Waals surface area contributed by atoms with Crippen LogP contribution in [0.5, 0.6) is 0 Å². The van der Waals surface area contributed by atoms with Gasteiger partial charge in [-0.25, -0.2) is 4.98 Å². The molecule has 2 aromatic rings. The molecule has 2 aromatic heterocycles. The number of amides is 1. The number of carbonyl (C=O) groups is 1. The van der Waals surface area contributed by atoms with Crippen molar-refractivity contribution in [2.75, 3.05) is 19.6 Å². The highest BCUT2D eigenvalue weighted by Crippen LogP contribution is 2.20. The summed E-state index contributed by atoms with van der Waals surface area (Å²) in [6, 6.07) is 0. The maximum atomic E-state index is 11.8. The number of nitrogens with zero attached hydrogens (tertiary/aromatic N) is 3. The maximum Gasteiger partial charge on any atom is 0.226 e. The van der Waals surface area contributed by atoms with Crippen LogP contribution < -0.4 is 10.6 Å². The molecule has 1 amide bonds. The van der Waals surface area contributed by atoms with Gasteiger partial charge in [0.25, 0.3) is 0 Å². The largest absolute Gasteiger partial charge is 0.354 e. The lowest BCUT2D eigenvalue weighted by Gasteiger charge is -2.04. The molecule has 6 nitrogen and oxygen atoms in total. The van der Waals surface area contributed by atoms with E-state index in [-0.39, 0.29) is 5.91 Å². The number of thiazole rings is 1. The number of hydrogen-bond donors (Lipinski definition) is 2. The quantitative estimate of drug-likeness (QED) is 0.718. The molecule has 2 rings (SSSR count). The van der Waals surface area contributed by atoms with Gasteiger partial charge >= 0.3 is 0 Å². The first kappa shape index (κ1) is 15.5.